The summed E-state index contributed by atoms with van der Waals surface area (Å²) in [4.78, 5) is 33.1. The Bertz CT molecular complexity index is 1380. The molecule has 0 saturated carbocycles. The number of alkyl halides is 3. The molecule has 3 aromatic heterocycles. The molecule has 12 heteroatoms. The van der Waals surface area contributed by atoms with Gasteiger partial charge >= 0.3 is 12.1 Å². The Morgan fingerprint density at radius 3 is 2.27 bits per heavy atom. The van der Waals surface area contributed by atoms with E-state index in [2.05, 4.69) is 50.7 Å². The number of nitrogens with zero attached hydrogens (tertiary/aromatic N) is 5. The lowest BCUT2D eigenvalue weighted by atomic mass is 10.2. The van der Waals surface area contributed by atoms with Crippen molar-refractivity contribution < 1.29 is 27.9 Å². The third-order valence-corrected chi connectivity index (χ3v) is 5.47. The van der Waals surface area contributed by atoms with Gasteiger partial charge in [-0.15, -0.1) is 0 Å². The summed E-state index contributed by atoms with van der Waals surface area (Å²) >= 11 is 0. The summed E-state index contributed by atoms with van der Waals surface area (Å²) in [7, 11) is 4.06. The number of carbonyl (C=O) groups excluding carboxylic acids is 1. The largest absolute Gasteiger partial charge is 0.490 e. The molecule has 0 bridgehead atoms. The minimum absolute atomic E-state index is 0.114. The molecule has 0 aliphatic heterocycles. The highest BCUT2D eigenvalue weighted by Crippen LogP contribution is 2.35. The van der Waals surface area contributed by atoms with Gasteiger partial charge < -0.3 is 19.9 Å². The number of para-hydroxylation sites is 1. The molecule has 1 amide bonds. The molecule has 37 heavy (non-hydrogen) atoms. The highest BCUT2D eigenvalue weighted by atomic mass is 19.4. The summed E-state index contributed by atoms with van der Waals surface area (Å²) in [5, 5.41) is 11.3. The number of carbonyl (C=O) groups is 2. The second kappa shape index (κ2) is 11.4. The first-order chi connectivity index (χ1) is 17.4. The quantitative estimate of drug-likeness (QED) is 0.354. The molecule has 0 radical (unpaired) electrons. The van der Waals surface area contributed by atoms with Crippen molar-refractivity contribution in [2.24, 2.45) is 0 Å². The van der Waals surface area contributed by atoms with Crippen LogP contribution in [0.3, 0.4) is 0 Å². The molecule has 0 atom stereocenters. The van der Waals surface area contributed by atoms with Gasteiger partial charge in [-0.1, -0.05) is 18.2 Å². The molecule has 0 spiro atoms. The summed E-state index contributed by atoms with van der Waals surface area (Å²) in [6.45, 7) is 5.85. The van der Waals surface area contributed by atoms with E-state index in [9.17, 15) is 18.0 Å². The van der Waals surface area contributed by atoms with Crippen molar-refractivity contribution in [2.45, 2.75) is 32.5 Å². The van der Waals surface area contributed by atoms with Gasteiger partial charge in [0.1, 0.15) is 5.69 Å². The van der Waals surface area contributed by atoms with Crippen molar-refractivity contribution in [1.29, 1.82) is 0 Å². The molecule has 9 nitrogen and oxygen atoms in total. The van der Waals surface area contributed by atoms with Crippen LogP contribution in [0.5, 0.6) is 0 Å². The summed E-state index contributed by atoms with van der Waals surface area (Å²) in [6.07, 6.45) is -0.787. The number of hydrogen-bond acceptors (Lipinski definition) is 5. The van der Waals surface area contributed by atoms with Crippen LogP contribution < -0.4 is 5.32 Å². The molecule has 0 unspecified atom stereocenters. The van der Waals surface area contributed by atoms with E-state index in [0.29, 0.717) is 18.2 Å². The fourth-order valence-corrected chi connectivity index (χ4v) is 3.98. The predicted molar refractivity (Wildman–Crippen MR) is 134 cm³/mol. The monoisotopic (exact) mass is 518 g/mol. The first-order valence-electron chi connectivity index (χ1n) is 11.6. The number of carboxylic acid groups (broad SMARTS) is 1. The average molecular weight is 519 g/mol. The van der Waals surface area contributed by atoms with Crippen molar-refractivity contribution in [1.82, 2.24) is 29.3 Å². The summed E-state index contributed by atoms with van der Waals surface area (Å²) in [5.74, 6) is -2.37. The van der Waals surface area contributed by atoms with E-state index >= 15 is 0 Å². The molecule has 1 aromatic carbocycles. The molecule has 4 rings (SSSR count). The van der Waals surface area contributed by atoms with Gasteiger partial charge in [0.2, 0.25) is 5.95 Å². The van der Waals surface area contributed by atoms with Gasteiger partial charge in [0.15, 0.2) is 0 Å². The van der Waals surface area contributed by atoms with Crippen molar-refractivity contribution in [3.8, 4) is 5.95 Å². The molecule has 198 valence electrons. The SMILES string of the molecule is CC(C)n1c2ccccc2c2c1cc(C(=O)NCCCN(C)C)n2-c1ncccn1.O=C(O)C(F)(F)F. The Balaban J connectivity index is 0.000000479. The number of nitrogens with one attached hydrogen (secondary N) is 1. The third-order valence-electron chi connectivity index (χ3n) is 5.47. The fraction of sp³-hybridized carbons (Fsp3) is 0.360. The first kappa shape index (κ1) is 27.7. The van der Waals surface area contributed by atoms with Crippen molar-refractivity contribution in [2.75, 3.05) is 27.2 Å². The number of rotatable bonds is 7. The molecule has 2 N–H and O–H groups in total. The summed E-state index contributed by atoms with van der Waals surface area (Å²) < 4.78 is 35.9. The van der Waals surface area contributed by atoms with Gasteiger partial charge in [0.05, 0.1) is 16.6 Å². The van der Waals surface area contributed by atoms with E-state index in [4.69, 9.17) is 9.90 Å². The van der Waals surface area contributed by atoms with Crippen LogP contribution >= 0.6 is 0 Å². The number of aliphatic carboxylic acids is 1. The molecule has 0 aliphatic carbocycles. The highest BCUT2D eigenvalue weighted by molar-refractivity contribution is 6.11. The predicted octanol–water partition coefficient (Wildman–Crippen LogP) is 4.27. The summed E-state index contributed by atoms with van der Waals surface area (Å²) in [5.41, 5.74) is 3.66. The van der Waals surface area contributed by atoms with E-state index < -0.39 is 12.1 Å². The number of benzene rings is 1. The van der Waals surface area contributed by atoms with Crippen LogP contribution in [0.1, 0.15) is 36.8 Å². The van der Waals surface area contributed by atoms with E-state index in [1.807, 2.05) is 36.9 Å². The van der Waals surface area contributed by atoms with Crippen LogP contribution in [0.4, 0.5) is 13.2 Å². The second-order valence-electron chi connectivity index (χ2n) is 8.84. The van der Waals surface area contributed by atoms with E-state index in [0.717, 1.165) is 34.9 Å². The van der Waals surface area contributed by atoms with Gasteiger partial charge in [0, 0.05) is 30.4 Å². The Kier molecular flexibility index (Phi) is 8.53. The van der Waals surface area contributed by atoms with Crippen LogP contribution in [-0.4, -0.2) is 74.3 Å². The van der Waals surface area contributed by atoms with E-state index in [1.165, 1.54) is 0 Å². The average Bonchev–Trinajstić information content (AvgIpc) is 3.36. The smallest absolute Gasteiger partial charge is 0.475 e. The molecule has 4 aromatic rings. The normalized spacial score (nSPS) is 11.7. The molecule has 0 aliphatic rings. The standard InChI is InChI=1S/C23H28N6O.C2HF3O2/c1-16(2)28-18-10-6-5-9-17(18)21-19(28)15-20(22(30)24-13-8-14-27(3)4)29(21)23-25-11-7-12-26-23;3-2(4,5)1(6)7/h5-7,9-12,15-16H,8,13-14H2,1-4H3,(H,24,30);(H,6,7). The molecule has 0 fully saturated rings. The number of amides is 1. The zero-order valence-electron chi connectivity index (χ0n) is 21.0. The van der Waals surface area contributed by atoms with Crippen LogP contribution in [0.15, 0.2) is 48.8 Å². The highest BCUT2D eigenvalue weighted by Gasteiger charge is 2.38. The Hall–Kier alpha value is -3.93. The zero-order chi connectivity index (χ0) is 27.3. The Labute approximate surface area is 211 Å². The lowest BCUT2D eigenvalue weighted by molar-refractivity contribution is -0.192. The van der Waals surface area contributed by atoms with Crippen LogP contribution in [0, 0.1) is 0 Å². The maximum Gasteiger partial charge on any atom is 0.490 e. The van der Waals surface area contributed by atoms with Gasteiger partial charge in [-0.3, -0.25) is 9.36 Å². The van der Waals surface area contributed by atoms with E-state index in [1.54, 1.807) is 18.5 Å². The van der Waals surface area contributed by atoms with E-state index in [-0.39, 0.29) is 11.9 Å². The van der Waals surface area contributed by atoms with Crippen molar-refractivity contribution >= 4 is 33.8 Å². The molecular weight excluding hydrogens is 489 g/mol. The van der Waals surface area contributed by atoms with Gasteiger partial charge in [-0.2, -0.15) is 13.2 Å². The second-order valence-corrected chi connectivity index (χ2v) is 8.84. The maximum absolute atomic E-state index is 13.2. The number of hydrogen-bond donors (Lipinski definition) is 2. The Morgan fingerprint density at radius 1 is 1.08 bits per heavy atom. The number of aromatic nitrogens is 4. The lowest BCUT2D eigenvalue weighted by Gasteiger charge is -2.12. The lowest BCUT2D eigenvalue weighted by Crippen LogP contribution is -2.28. The minimum atomic E-state index is -5.08. The van der Waals surface area contributed by atoms with Gasteiger partial charge in [-0.25, -0.2) is 14.8 Å². The third kappa shape index (κ3) is 6.26. The summed E-state index contributed by atoms with van der Waals surface area (Å²) in [6, 6.07) is 12.3. The van der Waals surface area contributed by atoms with Crippen molar-refractivity contribution in [3.63, 3.8) is 0 Å². The topological polar surface area (TPSA) is 105 Å². The van der Waals surface area contributed by atoms with Crippen LogP contribution in [0.25, 0.3) is 27.9 Å². The van der Waals surface area contributed by atoms with Gasteiger partial charge in [0.25, 0.3) is 5.91 Å². The van der Waals surface area contributed by atoms with Crippen LogP contribution in [0.2, 0.25) is 0 Å². The number of fused-ring (bicyclic) bond motifs is 3. The van der Waals surface area contributed by atoms with Crippen molar-refractivity contribution in [3.05, 3.63) is 54.5 Å². The molecular formula is C25H29F3N6O3. The molecule has 0 saturated heterocycles. The fourth-order valence-electron chi connectivity index (χ4n) is 3.98. The zero-order valence-corrected chi connectivity index (χ0v) is 21.0. The van der Waals surface area contributed by atoms with Gasteiger partial charge in [-0.05, 0) is 59.1 Å². The van der Waals surface area contributed by atoms with Crippen LogP contribution in [-0.2, 0) is 4.79 Å². The first-order valence-corrected chi connectivity index (χ1v) is 11.6. The molecule has 3 heterocycles. The maximum atomic E-state index is 13.2. The minimum Gasteiger partial charge on any atom is -0.475 e. The Morgan fingerprint density at radius 2 is 1.70 bits per heavy atom. The number of carboxylic acids is 1. The number of halogens is 3.